The molecule has 1 heterocycles. The van der Waals surface area contributed by atoms with Gasteiger partial charge < -0.3 is 10.6 Å². The third-order valence-corrected chi connectivity index (χ3v) is 5.87. The summed E-state index contributed by atoms with van der Waals surface area (Å²) >= 11 is 0. The number of nitrogens with one attached hydrogen (secondary N) is 1. The Bertz CT molecular complexity index is 674. The second kappa shape index (κ2) is 7.82. The van der Waals surface area contributed by atoms with Crippen molar-refractivity contribution >= 4 is 28.3 Å². The largest absolute Gasteiger partial charge is 0.341 e. The third-order valence-electron chi connectivity index (χ3n) is 4.34. The van der Waals surface area contributed by atoms with Crippen LogP contribution in [0.15, 0.2) is 29.2 Å². The van der Waals surface area contributed by atoms with Crippen molar-refractivity contribution in [3.63, 3.8) is 0 Å². The summed E-state index contributed by atoms with van der Waals surface area (Å²) in [6.07, 6.45) is 3.74. The van der Waals surface area contributed by atoms with Gasteiger partial charge in [0, 0.05) is 31.6 Å². The summed E-state index contributed by atoms with van der Waals surface area (Å²) in [6, 6.07) is 6.98. The monoisotopic (exact) mass is 373 g/mol. The third kappa shape index (κ3) is 4.92. The number of hydrogen-bond acceptors (Lipinski definition) is 4. The molecule has 134 valence electrons. The number of nitrogens with zero attached hydrogens (tertiary/aromatic N) is 1. The molecule has 1 atom stereocenters. The summed E-state index contributed by atoms with van der Waals surface area (Å²) in [4.78, 5) is 14.2. The smallest absolute Gasteiger partial charge is 0.240 e. The molecule has 8 heteroatoms. The molecule has 24 heavy (non-hydrogen) atoms. The summed E-state index contributed by atoms with van der Waals surface area (Å²) in [6.45, 7) is 1.38. The number of amides is 1. The maximum Gasteiger partial charge on any atom is 0.240 e. The SMILES string of the molecule is Cl.N[C@@H]1CCN(C(=O)CCc2ccc(S(=O)(=O)NC3CC3)cc2)C1. The van der Waals surface area contributed by atoms with Gasteiger partial charge in [-0.05, 0) is 43.4 Å². The Morgan fingerprint density at radius 3 is 2.42 bits per heavy atom. The van der Waals surface area contributed by atoms with Crippen LogP contribution >= 0.6 is 12.4 Å². The van der Waals surface area contributed by atoms with Crippen LogP contribution in [0.5, 0.6) is 0 Å². The number of halogens is 1. The Labute approximate surface area is 149 Å². The molecule has 0 aromatic heterocycles. The number of sulfonamides is 1. The molecule has 3 N–H and O–H groups in total. The second-order valence-corrected chi connectivity index (χ2v) is 8.14. The van der Waals surface area contributed by atoms with E-state index in [1.165, 1.54) is 0 Å². The molecular formula is C16H24ClN3O3S. The molecule has 2 aliphatic rings. The zero-order chi connectivity index (χ0) is 16.4. The van der Waals surface area contributed by atoms with Gasteiger partial charge in [-0.1, -0.05) is 12.1 Å². The van der Waals surface area contributed by atoms with Crippen molar-refractivity contribution in [3.8, 4) is 0 Å². The highest BCUT2D eigenvalue weighted by Gasteiger charge is 2.28. The molecule has 1 aromatic rings. The summed E-state index contributed by atoms with van der Waals surface area (Å²) in [5.74, 6) is 0.116. The standard InChI is InChI=1S/C16H23N3O3S.ClH/c17-13-9-10-19(11-13)16(20)8-3-12-1-6-15(7-2-12)23(21,22)18-14-4-5-14;/h1-2,6-7,13-14,18H,3-5,8-11,17H2;1H/t13-;/m1./s1. The van der Waals surface area contributed by atoms with Gasteiger partial charge in [0.25, 0.3) is 0 Å². The van der Waals surface area contributed by atoms with Crippen LogP contribution < -0.4 is 10.5 Å². The van der Waals surface area contributed by atoms with Crippen molar-refractivity contribution in [3.05, 3.63) is 29.8 Å². The average Bonchev–Trinajstić information content (AvgIpc) is 3.22. The molecule has 6 nitrogen and oxygen atoms in total. The highest BCUT2D eigenvalue weighted by atomic mass is 35.5. The van der Waals surface area contributed by atoms with Crippen molar-refractivity contribution in [1.82, 2.24) is 9.62 Å². The molecule has 0 unspecified atom stereocenters. The van der Waals surface area contributed by atoms with Gasteiger partial charge in [0.1, 0.15) is 0 Å². The molecule has 1 amide bonds. The van der Waals surface area contributed by atoms with Crippen LogP contribution in [0.25, 0.3) is 0 Å². The second-order valence-electron chi connectivity index (χ2n) is 6.43. The number of aryl methyl sites for hydroxylation is 1. The Balaban J connectivity index is 0.00000208. The minimum Gasteiger partial charge on any atom is -0.341 e. The number of nitrogens with two attached hydrogens (primary N) is 1. The van der Waals surface area contributed by atoms with Crippen molar-refractivity contribution in [2.45, 2.75) is 49.1 Å². The molecule has 2 fully saturated rings. The highest BCUT2D eigenvalue weighted by molar-refractivity contribution is 7.89. The minimum absolute atomic E-state index is 0. The highest BCUT2D eigenvalue weighted by Crippen LogP contribution is 2.22. The van der Waals surface area contributed by atoms with Crippen LogP contribution in [0.3, 0.4) is 0 Å². The van der Waals surface area contributed by atoms with Crippen LogP contribution in [0.2, 0.25) is 0 Å². The lowest BCUT2D eigenvalue weighted by atomic mass is 10.1. The van der Waals surface area contributed by atoms with Crippen molar-refractivity contribution < 1.29 is 13.2 Å². The molecule has 1 aliphatic carbocycles. The predicted octanol–water partition coefficient (Wildman–Crippen LogP) is 1.04. The Kier molecular flexibility index (Phi) is 6.25. The number of benzene rings is 1. The Morgan fingerprint density at radius 1 is 1.21 bits per heavy atom. The number of hydrogen-bond donors (Lipinski definition) is 2. The van der Waals surface area contributed by atoms with Crippen molar-refractivity contribution in [2.75, 3.05) is 13.1 Å². The van der Waals surface area contributed by atoms with Gasteiger partial charge in [-0.25, -0.2) is 13.1 Å². The maximum atomic E-state index is 12.1. The molecule has 0 bridgehead atoms. The van der Waals surface area contributed by atoms with E-state index >= 15 is 0 Å². The normalized spacial score (nSPS) is 20.7. The fourth-order valence-corrected chi connectivity index (χ4v) is 4.05. The van der Waals surface area contributed by atoms with E-state index in [4.69, 9.17) is 5.73 Å². The maximum absolute atomic E-state index is 12.1. The molecule has 0 radical (unpaired) electrons. The van der Waals surface area contributed by atoms with Crippen molar-refractivity contribution in [1.29, 1.82) is 0 Å². The average molecular weight is 374 g/mol. The fourth-order valence-electron chi connectivity index (χ4n) is 2.75. The molecule has 3 rings (SSSR count). The van der Waals surface area contributed by atoms with Crippen LogP contribution in [0, 0.1) is 0 Å². The molecule has 1 saturated carbocycles. The van der Waals surface area contributed by atoms with E-state index in [0.29, 0.717) is 19.4 Å². The van der Waals surface area contributed by atoms with Crippen LogP contribution in [0.1, 0.15) is 31.2 Å². The van der Waals surface area contributed by atoms with E-state index in [9.17, 15) is 13.2 Å². The number of carbonyl (C=O) groups excluding carboxylic acids is 1. The predicted molar refractivity (Wildman–Crippen MR) is 94.5 cm³/mol. The van der Waals surface area contributed by atoms with Gasteiger partial charge in [-0.3, -0.25) is 4.79 Å². The van der Waals surface area contributed by atoms with Gasteiger partial charge in [0.15, 0.2) is 0 Å². The first kappa shape index (κ1) is 19.2. The summed E-state index contributed by atoms with van der Waals surface area (Å²) < 4.78 is 26.8. The first-order chi connectivity index (χ1) is 10.9. The molecule has 0 spiro atoms. The van der Waals surface area contributed by atoms with Gasteiger partial charge in [-0.15, -0.1) is 12.4 Å². The molecular weight excluding hydrogens is 350 g/mol. The summed E-state index contributed by atoms with van der Waals surface area (Å²) in [7, 11) is -3.40. The van der Waals surface area contributed by atoms with E-state index < -0.39 is 10.0 Å². The number of likely N-dealkylation sites (tertiary alicyclic amines) is 1. The van der Waals surface area contributed by atoms with E-state index in [2.05, 4.69) is 4.72 Å². The first-order valence-electron chi connectivity index (χ1n) is 8.09. The van der Waals surface area contributed by atoms with Gasteiger partial charge >= 0.3 is 0 Å². The van der Waals surface area contributed by atoms with E-state index in [0.717, 1.165) is 31.4 Å². The van der Waals surface area contributed by atoms with Crippen LogP contribution in [-0.2, 0) is 21.2 Å². The van der Waals surface area contributed by atoms with Crippen molar-refractivity contribution in [2.24, 2.45) is 5.73 Å². The van der Waals surface area contributed by atoms with E-state index in [1.54, 1.807) is 24.3 Å². The number of carbonyl (C=O) groups is 1. The van der Waals surface area contributed by atoms with Crippen LogP contribution in [0.4, 0.5) is 0 Å². The zero-order valence-electron chi connectivity index (χ0n) is 13.5. The van der Waals surface area contributed by atoms with Gasteiger partial charge in [-0.2, -0.15) is 0 Å². The lowest BCUT2D eigenvalue weighted by Gasteiger charge is -2.15. The lowest BCUT2D eigenvalue weighted by molar-refractivity contribution is -0.130. The Morgan fingerprint density at radius 2 is 1.88 bits per heavy atom. The quantitative estimate of drug-likeness (QED) is 0.779. The molecule has 1 saturated heterocycles. The van der Waals surface area contributed by atoms with Crippen LogP contribution in [-0.4, -0.2) is 44.4 Å². The van der Waals surface area contributed by atoms with Gasteiger partial charge in [0.05, 0.1) is 4.90 Å². The van der Waals surface area contributed by atoms with E-state index in [-0.39, 0.29) is 35.3 Å². The number of rotatable bonds is 6. The Hall–Kier alpha value is -1.15. The van der Waals surface area contributed by atoms with Gasteiger partial charge in [0.2, 0.25) is 15.9 Å². The fraction of sp³-hybridized carbons (Fsp3) is 0.562. The topological polar surface area (TPSA) is 92.5 Å². The zero-order valence-corrected chi connectivity index (χ0v) is 15.1. The van der Waals surface area contributed by atoms with E-state index in [1.807, 2.05) is 4.90 Å². The summed E-state index contributed by atoms with van der Waals surface area (Å²) in [5, 5.41) is 0. The molecule has 1 aromatic carbocycles. The summed E-state index contributed by atoms with van der Waals surface area (Å²) in [5.41, 5.74) is 6.77. The lowest BCUT2D eigenvalue weighted by Crippen LogP contribution is -2.31. The molecule has 1 aliphatic heterocycles. The minimum atomic E-state index is -3.40. The first-order valence-corrected chi connectivity index (χ1v) is 9.57.